The molecule has 0 aliphatic heterocycles. The number of aromatic nitrogens is 1. The fraction of sp³-hybridized carbons (Fsp3) is 0.222. The van der Waals surface area contributed by atoms with Crippen LogP contribution in [0.2, 0.25) is 0 Å². The van der Waals surface area contributed by atoms with Crippen molar-refractivity contribution in [3.8, 4) is 0 Å². The third kappa shape index (κ3) is 2.08. The second-order valence-electron chi connectivity index (χ2n) is 2.78. The lowest BCUT2D eigenvalue weighted by atomic mass is 10.3. The van der Waals surface area contributed by atoms with Crippen molar-refractivity contribution in [1.82, 2.24) is 4.98 Å². The summed E-state index contributed by atoms with van der Waals surface area (Å²) >= 11 is 3.39. The Kier molecular flexibility index (Phi) is 2.61. The van der Waals surface area contributed by atoms with E-state index in [9.17, 15) is 0 Å². The van der Waals surface area contributed by atoms with Crippen LogP contribution in [0, 0.1) is 0 Å². The van der Waals surface area contributed by atoms with Crippen molar-refractivity contribution in [1.29, 1.82) is 0 Å². The number of hydrogen-bond acceptors (Lipinski definition) is 4. The van der Waals surface area contributed by atoms with Crippen molar-refractivity contribution in [3.05, 3.63) is 33.4 Å². The van der Waals surface area contributed by atoms with E-state index >= 15 is 0 Å². The van der Waals surface area contributed by atoms with E-state index in [0.717, 1.165) is 0 Å². The van der Waals surface area contributed by atoms with Gasteiger partial charge in [0.25, 0.3) is 0 Å². The van der Waals surface area contributed by atoms with Crippen molar-refractivity contribution in [3.63, 3.8) is 0 Å². The van der Waals surface area contributed by atoms with E-state index in [0.29, 0.717) is 6.04 Å². The fourth-order valence-electron chi connectivity index (χ4n) is 1.11. The molecule has 0 aromatic carbocycles. The number of nitrogens with one attached hydrogen (secondary N) is 1. The largest absolute Gasteiger partial charge is 0.377 e. The van der Waals surface area contributed by atoms with Crippen LogP contribution in [0.15, 0.2) is 28.5 Å². The van der Waals surface area contributed by atoms with Gasteiger partial charge in [-0.15, -0.1) is 11.3 Å². The zero-order chi connectivity index (χ0) is 9.10. The van der Waals surface area contributed by atoms with Crippen LogP contribution in [-0.4, -0.2) is 4.98 Å². The van der Waals surface area contributed by atoms with Crippen LogP contribution in [-0.2, 0) is 0 Å². The summed E-state index contributed by atoms with van der Waals surface area (Å²) in [4.78, 5) is 5.32. The van der Waals surface area contributed by atoms with Crippen molar-refractivity contribution < 1.29 is 0 Å². The highest BCUT2D eigenvalue weighted by molar-refractivity contribution is 7.09. The SMILES string of the molecule is CC(Nc1ccsc1)c1cncs1. The Bertz CT molecular complexity index is 340. The van der Waals surface area contributed by atoms with Gasteiger partial charge in [-0.3, -0.25) is 4.98 Å². The molecule has 2 aromatic heterocycles. The van der Waals surface area contributed by atoms with E-state index in [1.165, 1.54) is 10.6 Å². The van der Waals surface area contributed by atoms with Gasteiger partial charge < -0.3 is 5.32 Å². The monoisotopic (exact) mass is 210 g/mol. The molecule has 0 radical (unpaired) electrons. The Hall–Kier alpha value is -0.870. The molecule has 13 heavy (non-hydrogen) atoms. The average Bonchev–Trinajstić information content (AvgIpc) is 2.74. The fourth-order valence-corrected chi connectivity index (χ4v) is 2.33. The van der Waals surface area contributed by atoms with Crippen LogP contribution in [0.4, 0.5) is 5.69 Å². The van der Waals surface area contributed by atoms with Gasteiger partial charge in [-0.2, -0.15) is 11.3 Å². The normalized spacial score (nSPS) is 12.7. The third-order valence-corrected chi connectivity index (χ3v) is 3.42. The molecular weight excluding hydrogens is 200 g/mol. The minimum absolute atomic E-state index is 0.349. The second-order valence-corrected chi connectivity index (χ2v) is 4.48. The lowest BCUT2D eigenvalue weighted by molar-refractivity contribution is 0.905. The molecule has 0 saturated carbocycles. The lowest BCUT2D eigenvalue weighted by Crippen LogP contribution is -2.03. The number of rotatable bonds is 3. The molecule has 2 rings (SSSR count). The highest BCUT2D eigenvalue weighted by atomic mass is 32.1. The van der Waals surface area contributed by atoms with Gasteiger partial charge in [0.2, 0.25) is 0 Å². The smallest absolute Gasteiger partial charge is 0.0795 e. The summed E-state index contributed by atoms with van der Waals surface area (Å²) in [7, 11) is 0. The quantitative estimate of drug-likeness (QED) is 0.840. The molecule has 0 aliphatic carbocycles. The van der Waals surface area contributed by atoms with Crippen LogP contribution >= 0.6 is 22.7 Å². The zero-order valence-corrected chi connectivity index (χ0v) is 8.86. The van der Waals surface area contributed by atoms with Crippen molar-refractivity contribution >= 4 is 28.4 Å². The summed E-state index contributed by atoms with van der Waals surface area (Å²) in [5, 5.41) is 7.58. The van der Waals surface area contributed by atoms with Gasteiger partial charge in [-0.1, -0.05) is 0 Å². The predicted molar refractivity (Wildman–Crippen MR) is 58.5 cm³/mol. The van der Waals surface area contributed by atoms with E-state index in [4.69, 9.17) is 0 Å². The molecule has 2 aromatic rings. The Labute approximate surface area is 85.3 Å². The molecule has 0 bridgehead atoms. The Morgan fingerprint density at radius 1 is 1.54 bits per heavy atom. The topological polar surface area (TPSA) is 24.9 Å². The van der Waals surface area contributed by atoms with Crippen LogP contribution in [0.1, 0.15) is 17.8 Å². The molecule has 0 spiro atoms. The van der Waals surface area contributed by atoms with Gasteiger partial charge >= 0.3 is 0 Å². The summed E-state index contributed by atoms with van der Waals surface area (Å²) in [6.45, 7) is 2.14. The maximum absolute atomic E-state index is 4.05. The Balaban J connectivity index is 2.04. The van der Waals surface area contributed by atoms with Gasteiger partial charge in [-0.25, -0.2) is 0 Å². The number of hydrogen-bond donors (Lipinski definition) is 1. The minimum atomic E-state index is 0.349. The van der Waals surface area contributed by atoms with Crippen molar-refractivity contribution in [2.75, 3.05) is 5.32 Å². The average molecular weight is 210 g/mol. The standard InChI is InChI=1S/C9H10N2S2/c1-7(9-4-10-6-13-9)11-8-2-3-12-5-8/h2-7,11H,1H3. The summed E-state index contributed by atoms with van der Waals surface area (Å²) < 4.78 is 0. The first-order valence-electron chi connectivity index (χ1n) is 4.03. The number of thiazole rings is 1. The van der Waals surface area contributed by atoms with Crippen LogP contribution < -0.4 is 5.32 Å². The lowest BCUT2D eigenvalue weighted by Gasteiger charge is -2.10. The zero-order valence-electron chi connectivity index (χ0n) is 7.23. The van der Waals surface area contributed by atoms with Crippen LogP contribution in [0.25, 0.3) is 0 Å². The van der Waals surface area contributed by atoms with E-state index < -0.39 is 0 Å². The number of nitrogens with zero attached hydrogens (tertiary/aromatic N) is 1. The van der Waals surface area contributed by atoms with Gasteiger partial charge in [0.05, 0.1) is 11.6 Å². The summed E-state index contributed by atoms with van der Waals surface area (Å²) in [5.41, 5.74) is 3.05. The number of anilines is 1. The summed E-state index contributed by atoms with van der Waals surface area (Å²) in [5.74, 6) is 0. The first-order chi connectivity index (χ1) is 6.36. The first-order valence-corrected chi connectivity index (χ1v) is 5.85. The number of thiophene rings is 1. The minimum Gasteiger partial charge on any atom is -0.377 e. The highest BCUT2D eigenvalue weighted by Crippen LogP contribution is 2.22. The molecule has 2 nitrogen and oxygen atoms in total. The van der Waals surface area contributed by atoms with E-state index in [2.05, 4.69) is 34.1 Å². The van der Waals surface area contributed by atoms with Gasteiger partial charge in [0, 0.05) is 22.1 Å². The van der Waals surface area contributed by atoms with E-state index in [1.54, 1.807) is 22.7 Å². The van der Waals surface area contributed by atoms with E-state index in [1.807, 2.05) is 11.7 Å². The highest BCUT2D eigenvalue weighted by Gasteiger charge is 2.06. The molecule has 0 saturated heterocycles. The molecule has 1 N–H and O–H groups in total. The maximum atomic E-state index is 4.05. The molecule has 0 aliphatic rings. The molecular formula is C9H10N2S2. The molecule has 1 atom stereocenters. The van der Waals surface area contributed by atoms with Crippen molar-refractivity contribution in [2.45, 2.75) is 13.0 Å². The van der Waals surface area contributed by atoms with Gasteiger partial charge in [0.15, 0.2) is 0 Å². The Morgan fingerprint density at radius 2 is 2.46 bits per heavy atom. The van der Waals surface area contributed by atoms with Crippen LogP contribution in [0.3, 0.4) is 0 Å². The van der Waals surface area contributed by atoms with Crippen molar-refractivity contribution in [2.24, 2.45) is 0 Å². The molecule has 1 unspecified atom stereocenters. The molecule has 0 amide bonds. The van der Waals surface area contributed by atoms with E-state index in [-0.39, 0.29) is 0 Å². The molecule has 4 heteroatoms. The third-order valence-electron chi connectivity index (χ3n) is 1.78. The predicted octanol–water partition coefficient (Wildman–Crippen LogP) is 3.38. The van der Waals surface area contributed by atoms with Crippen LogP contribution in [0.5, 0.6) is 0 Å². The molecule has 2 heterocycles. The second kappa shape index (κ2) is 3.89. The first kappa shape index (κ1) is 8.72. The Morgan fingerprint density at radius 3 is 3.08 bits per heavy atom. The van der Waals surface area contributed by atoms with Gasteiger partial charge in [-0.05, 0) is 18.4 Å². The molecule has 68 valence electrons. The maximum Gasteiger partial charge on any atom is 0.0795 e. The summed E-state index contributed by atoms with van der Waals surface area (Å²) in [6.07, 6.45) is 1.91. The molecule has 0 fully saturated rings. The van der Waals surface area contributed by atoms with Gasteiger partial charge in [0.1, 0.15) is 0 Å². The summed E-state index contributed by atoms with van der Waals surface area (Å²) in [6, 6.07) is 2.43.